The number of rotatable bonds is 6. The van der Waals surface area contributed by atoms with Crippen molar-refractivity contribution in [2.45, 2.75) is 5.41 Å². The second-order valence-electron chi connectivity index (χ2n) is 16.7. The van der Waals surface area contributed by atoms with Crippen molar-refractivity contribution in [3.8, 4) is 55.6 Å². The second kappa shape index (κ2) is 13.9. The van der Waals surface area contributed by atoms with E-state index in [0.717, 1.165) is 61.3 Å². The summed E-state index contributed by atoms with van der Waals surface area (Å²) in [4.78, 5) is 2.46. The Bertz CT molecular complexity index is 3540. The van der Waals surface area contributed by atoms with Crippen LogP contribution in [0.5, 0.6) is 0 Å². The summed E-state index contributed by atoms with van der Waals surface area (Å²) in [6, 6.07) is 86.4. The molecule has 2 nitrogen and oxygen atoms in total. The molecule has 0 N–H and O–H groups in total. The van der Waals surface area contributed by atoms with Crippen LogP contribution in [-0.2, 0) is 5.41 Å². The van der Waals surface area contributed by atoms with E-state index in [2.05, 4.69) is 241 Å². The van der Waals surface area contributed by atoms with E-state index < -0.39 is 5.41 Å². The van der Waals surface area contributed by atoms with Gasteiger partial charge in [-0.2, -0.15) is 0 Å². The summed E-state index contributed by atoms with van der Waals surface area (Å²) in [5, 5.41) is 2.19. The minimum atomic E-state index is -0.436. The topological polar surface area (TPSA) is 16.4 Å². The Balaban J connectivity index is 1.13. The van der Waals surface area contributed by atoms with Crippen molar-refractivity contribution < 1.29 is 4.42 Å². The molecule has 2 aliphatic carbocycles. The van der Waals surface area contributed by atoms with Crippen LogP contribution in [0.25, 0.3) is 77.6 Å². The normalized spacial score (nSPS) is 12.9. The first-order chi connectivity index (χ1) is 31.3. The molecule has 0 saturated carbocycles. The van der Waals surface area contributed by atoms with Gasteiger partial charge in [0, 0.05) is 22.0 Å². The number of furan rings is 1. The van der Waals surface area contributed by atoms with Gasteiger partial charge < -0.3 is 9.32 Å². The van der Waals surface area contributed by atoms with Gasteiger partial charge in [0.05, 0.1) is 16.8 Å². The molecule has 2 aliphatic rings. The van der Waals surface area contributed by atoms with Crippen LogP contribution in [0.15, 0.2) is 241 Å². The first-order valence-electron chi connectivity index (χ1n) is 21.8. The highest BCUT2D eigenvalue weighted by Gasteiger charge is 2.51. The van der Waals surface area contributed by atoms with Gasteiger partial charge in [0.2, 0.25) is 0 Å². The summed E-state index contributed by atoms with van der Waals surface area (Å²) >= 11 is 0. The van der Waals surface area contributed by atoms with Gasteiger partial charge in [0.1, 0.15) is 5.58 Å². The third kappa shape index (κ3) is 5.13. The van der Waals surface area contributed by atoms with Gasteiger partial charge in [-0.25, -0.2) is 0 Å². The van der Waals surface area contributed by atoms with Crippen LogP contribution < -0.4 is 4.90 Å². The molecule has 13 rings (SSSR count). The van der Waals surface area contributed by atoms with Crippen LogP contribution in [-0.4, -0.2) is 0 Å². The van der Waals surface area contributed by atoms with Gasteiger partial charge in [0.15, 0.2) is 5.58 Å². The minimum absolute atomic E-state index is 0.436. The molecule has 0 saturated heterocycles. The average molecular weight is 802 g/mol. The summed E-state index contributed by atoms with van der Waals surface area (Å²) in [6.07, 6.45) is 0. The van der Waals surface area contributed by atoms with Crippen molar-refractivity contribution in [1.29, 1.82) is 0 Å². The summed E-state index contributed by atoms with van der Waals surface area (Å²) in [6.45, 7) is 0. The highest BCUT2D eigenvalue weighted by Crippen LogP contribution is 2.63. The van der Waals surface area contributed by atoms with Crippen LogP contribution in [0.2, 0.25) is 0 Å². The lowest BCUT2D eigenvalue weighted by atomic mass is 9.70. The van der Waals surface area contributed by atoms with Gasteiger partial charge in [-0.05, 0) is 103 Å². The van der Waals surface area contributed by atoms with Crippen molar-refractivity contribution in [1.82, 2.24) is 0 Å². The molecule has 1 heterocycles. The number of fused-ring (bicyclic) bond motifs is 13. The third-order valence-electron chi connectivity index (χ3n) is 13.5. The van der Waals surface area contributed by atoms with E-state index in [4.69, 9.17) is 4.42 Å². The number of para-hydroxylation sites is 2. The molecule has 10 aromatic carbocycles. The summed E-state index contributed by atoms with van der Waals surface area (Å²) in [7, 11) is 0. The second-order valence-corrected chi connectivity index (χ2v) is 16.7. The van der Waals surface area contributed by atoms with Gasteiger partial charge in [-0.1, -0.05) is 206 Å². The summed E-state index contributed by atoms with van der Waals surface area (Å²) < 4.78 is 6.92. The van der Waals surface area contributed by atoms with E-state index in [1.54, 1.807) is 0 Å². The quantitative estimate of drug-likeness (QED) is 0.167. The summed E-state index contributed by atoms with van der Waals surface area (Å²) in [5.41, 5.74) is 21.7. The fraction of sp³-hybridized carbons (Fsp3) is 0.0164. The Morgan fingerprint density at radius 1 is 0.317 bits per heavy atom. The molecule has 0 radical (unpaired) electrons. The standard InChI is InChI=1S/C61H39NO/c1-3-19-40(20-4-1)43-23-7-8-28-49(43)59-44(41-21-5-2-6-22-41)29-17-34-56(59)62(57-35-18-30-50-48-27-12-16-36-58(48)63-60(50)57)42-37-38-55-51(39-42)47-26-11-15-33-54(47)61(55)52-31-13-9-24-45(52)46-25-10-14-32-53(46)61/h1-39H. The average Bonchev–Trinajstić information content (AvgIpc) is 3.99. The molecule has 0 amide bonds. The zero-order valence-corrected chi connectivity index (χ0v) is 34.4. The molecule has 0 atom stereocenters. The zero-order valence-electron chi connectivity index (χ0n) is 34.4. The Kier molecular flexibility index (Phi) is 7.85. The fourth-order valence-corrected chi connectivity index (χ4v) is 11.0. The predicted octanol–water partition coefficient (Wildman–Crippen LogP) is 16.4. The van der Waals surface area contributed by atoms with Gasteiger partial charge in [-0.3, -0.25) is 0 Å². The zero-order chi connectivity index (χ0) is 41.5. The maximum absolute atomic E-state index is 6.92. The van der Waals surface area contributed by atoms with Crippen LogP contribution >= 0.6 is 0 Å². The monoisotopic (exact) mass is 801 g/mol. The molecular formula is C61H39NO. The number of anilines is 3. The largest absolute Gasteiger partial charge is 0.454 e. The van der Waals surface area contributed by atoms with Crippen molar-refractivity contribution in [3.63, 3.8) is 0 Å². The van der Waals surface area contributed by atoms with E-state index in [9.17, 15) is 0 Å². The van der Waals surface area contributed by atoms with Crippen LogP contribution in [0.4, 0.5) is 17.1 Å². The van der Waals surface area contributed by atoms with Crippen LogP contribution in [0.3, 0.4) is 0 Å². The first kappa shape index (κ1) is 35.5. The molecule has 1 aromatic heterocycles. The maximum atomic E-state index is 6.92. The lowest BCUT2D eigenvalue weighted by Crippen LogP contribution is -2.25. The molecule has 0 aliphatic heterocycles. The molecule has 0 fully saturated rings. The Morgan fingerprint density at radius 2 is 0.794 bits per heavy atom. The number of hydrogen-bond donors (Lipinski definition) is 0. The van der Waals surface area contributed by atoms with Gasteiger partial charge >= 0.3 is 0 Å². The predicted molar refractivity (Wildman–Crippen MR) is 261 cm³/mol. The van der Waals surface area contributed by atoms with Crippen LogP contribution in [0, 0.1) is 0 Å². The minimum Gasteiger partial charge on any atom is -0.454 e. The third-order valence-corrected chi connectivity index (χ3v) is 13.5. The van der Waals surface area contributed by atoms with Crippen molar-refractivity contribution in [2.75, 3.05) is 4.90 Å². The Hall–Kier alpha value is -8.20. The molecular weight excluding hydrogens is 763 g/mol. The van der Waals surface area contributed by atoms with Crippen LogP contribution in [0.1, 0.15) is 22.3 Å². The van der Waals surface area contributed by atoms with Crippen molar-refractivity contribution >= 4 is 39.0 Å². The van der Waals surface area contributed by atoms with E-state index in [0.29, 0.717) is 0 Å². The highest BCUT2D eigenvalue weighted by molar-refractivity contribution is 6.12. The maximum Gasteiger partial charge on any atom is 0.159 e. The van der Waals surface area contributed by atoms with E-state index in [-0.39, 0.29) is 0 Å². The molecule has 0 unspecified atom stereocenters. The van der Waals surface area contributed by atoms with E-state index in [1.165, 1.54) is 55.6 Å². The SMILES string of the molecule is c1ccc(-c2ccccc2-c2c(-c3ccccc3)cccc2N(c2ccc3c(c2)-c2ccccc2C32c3ccccc3-c3ccccc32)c2cccc3c2oc2ccccc23)cc1. The Labute approximate surface area is 366 Å². The number of benzene rings is 10. The number of nitrogens with zero attached hydrogens (tertiary/aromatic N) is 1. The molecule has 0 bridgehead atoms. The molecule has 294 valence electrons. The van der Waals surface area contributed by atoms with Gasteiger partial charge in [-0.15, -0.1) is 0 Å². The lowest BCUT2D eigenvalue weighted by molar-refractivity contribution is 0.669. The molecule has 63 heavy (non-hydrogen) atoms. The molecule has 11 aromatic rings. The lowest BCUT2D eigenvalue weighted by Gasteiger charge is -2.32. The molecule has 1 spiro atoms. The first-order valence-corrected chi connectivity index (χ1v) is 21.8. The highest BCUT2D eigenvalue weighted by atomic mass is 16.3. The van der Waals surface area contributed by atoms with Crippen molar-refractivity contribution in [3.05, 3.63) is 259 Å². The summed E-state index contributed by atoms with van der Waals surface area (Å²) in [5.74, 6) is 0. The fourth-order valence-electron chi connectivity index (χ4n) is 11.0. The number of hydrogen-bond acceptors (Lipinski definition) is 2. The van der Waals surface area contributed by atoms with E-state index >= 15 is 0 Å². The Morgan fingerprint density at radius 3 is 1.48 bits per heavy atom. The van der Waals surface area contributed by atoms with E-state index in [1.807, 2.05) is 0 Å². The van der Waals surface area contributed by atoms with Gasteiger partial charge in [0.25, 0.3) is 0 Å². The van der Waals surface area contributed by atoms with Crippen molar-refractivity contribution in [2.24, 2.45) is 0 Å². The molecule has 2 heteroatoms. The smallest absolute Gasteiger partial charge is 0.159 e.